The Morgan fingerprint density at radius 3 is 2.90 bits per heavy atom. The number of carbonyl (C=O) groups excluding carboxylic acids is 2. The van der Waals surface area contributed by atoms with Crippen molar-refractivity contribution >= 4 is 17.8 Å². The quantitative estimate of drug-likeness (QED) is 0.779. The minimum absolute atomic E-state index is 0.0896. The Kier molecular flexibility index (Phi) is 4.86. The Morgan fingerprint density at radius 1 is 1.45 bits per heavy atom. The zero-order chi connectivity index (χ0) is 14.4. The molecule has 1 aliphatic rings. The van der Waals surface area contributed by atoms with Gasteiger partial charge in [0.2, 0.25) is 11.9 Å². The third-order valence-corrected chi connectivity index (χ3v) is 3.26. The molecule has 2 heterocycles. The van der Waals surface area contributed by atoms with Crippen molar-refractivity contribution in [2.45, 2.75) is 12.8 Å². The van der Waals surface area contributed by atoms with E-state index in [1.807, 2.05) is 4.90 Å². The van der Waals surface area contributed by atoms with E-state index in [4.69, 9.17) is 0 Å². The van der Waals surface area contributed by atoms with Crippen molar-refractivity contribution in [1.29, 1.82) is 0 Å². The molecule has 0 saturated carbocycles. The molecule has 1 saturated heterocycles. The minimum Gasteiger partial charge on any atom is -0.468 e. The van der Waals surface area contributed by atoms with Crippen molar-refractivity contribution in [3.05, 3.63) is 18.5 Å². The van der Waals surface area contributed by atoms with Crippen LogP contribution in [0.3, 0.4) is 0 Å². The topological polar surface area (TPSA) is 84.4 Å². The highest BCUT2D eigenvalue weighted by molar-refractivity contribution is 5.84. The molecule has 0 spiro atoms. The van der Waals surface area contributed by atoms with Crippen LogP contribution in [0.2, 0.25) is 0 Å². The lowest BCUT2D eigenvalue weighted by atomic mass is 9.97. The van der Waals surface area contributed by atoms with E-state index in [1.54, 1.807) is 18.5 Å². The number of ether oxygens (including phenoxy) is 1. The second-order valence-electron chi connectivity index (χ2n) is 4.63. The molecule has 2 rings (SSSR count). The van der Waals surface area contributed by atoms with Gasteiger partial charge in [0.1, 0.15) is 6.54 Å². The van der Waals surface area contributed by atoms with Crippen molar-refractivity contribution in [3.63, 3.8) is 0 Å². The summed E-state index contributed by atoms with van der Waals surface area (Å²) in [5.74, 6) is -0.0939. The molecular formula is C13H18N4O3. The number of hydrogen-bond donors (Lipinski definition) is 1. The van der Waals surface area contributed by atoms with E-state index in [9.17, 15) is 9.59 Å². The van der Waals surface area contributed by atoms with Crippen LogP contribution in [-0.4, -0.2) is 48.6 Å². The zero-order valence-electron chi connectivity index (χ0n) is 11.4. The Morgan fingerprint density at radius 2 is 2.20 bits per heavy atom. The maximum Gasteiger partial charge on any atom is 0.325 e. The van der Waals surface area contributed by atoms with E-state index in [2.05, 4.69) is 20.0 Å². The van der Waals surface area contributed by atoms with E-state index in [0.717, 1.165) is 19.4 Å². The number of esters is 1. The molecule has 1 atom stereocenters. The Labute approximate surface area is 117 Å². The fraction of sp³-hybridized carbons (Fsp3) is 0.538. The van der Waals surface area contributed by atoms with Gasteiger partial charge in [-0.3, -0.25) is 9.59 Å². The average Bonchev–Trinajstić information content (AvgIpc) is 2.53. The third-order valence-electron chi connectivity index (χ3n) is 3.26. The molecular weight excluding hydrogens is 260 g/mol. The molecule has 7 heteroatoms. The summed E-state index contributed by atoms with van der Waals surface area (Å²) in [4.78, 5) is 33.4. The summed E-state index contributed by atoms with van der Waals surface area (Å²) in [5, 5.41) is 2.59. The molecule has 1 aromatic heterocycles. The van der Waals surface area contributed by atoms with Gasteiger partial charge in [0, 0.05) is 25.5 Å². The van der Waals surface area contributed by atoms with E-state index >= 15 is 0 Å². The molecule has 1 N–H and O–H groups in total. The fourth-order valence-electron chi connectivity index (χ4n) is 2.20. The first kappa shape index (κ1) is 14.2. The van der Waals surface area contributed by atoms with Crippen molar-refractivity contribution in [2.24, 2.45) is 5.92 Å². The number of piperidine rings is 1. The highest BCUT2D eigenvalue weighted by atomic mass is 16.5. The Balaban J connectivity index is 1.90. The van der Waals surface area contributed by atoms with Gasteiger partial charge in [-0.25, -0.2) is 9.97 Å². The SMILES string of the molecule is COC(=O)CNC(=O)C1CCCN(c2ncccn2)C1. The first-order valence-electron chi connectivity index (χ1n) is 6.57. The number of nitrogens with zero attached hydrogens (tertiary/aromatic N) is 3. The van der Waals surface area contributed by atoms with Gasteiger partial charge in [-0.1, -0.05) is 0 Å². The number of hydrogen-bond acceptors (Lipinski definition) is 6. The number of methoxy groups -OCH3 is 1. The summed E-state index contributed by atoms with van der Waals surface area (Å²) in [6.07, 6.45) is 5.07. The molecule has 1 fully saturated rings. The number of rotatable bonds is 4. The third kappa shape index (κ3) is 3.66. The zero-order valence-corrected chi connectivity index (χ0v) is 11.4. The number of aromatic nitrogens is 2. The highest BCUT2D eigenvalue weighted by Crippen LogP contribution is 2.19. The first-order chi connectivity index (χ1) is 9.70. The monoisotopic (exact) mass is 278 g/mol. The molecule has 1 amide bonds. The number of carbonyl (C=O) groups is 2. The first-order valence-corrected chi connectivity index (χ1v) is 6.57. The van der Waals surface area contributed by atoms with Crippen LogP contribution in [0.1, 0.15) is 12.8 Å². The average molecular weight is 278 g/mol. The maximum atomic E-state index is 12.0. The van der Waals surface area contributed by atoms with Crippen LogP contribution >= 0.6 is 0 Å². The van der Waals surface area contributed by atoms with Gasteiger partial charge >= 0.3 is 5.97 Å². The van der Waals surface area contributed by atoms with Gasteiger partial charge in [0.25, 0.3) is 0 Å². The van der Waals surface area contributed by atoms with Crippen LogP contribution < -0.4 is 10.2 Å². The molecule has 1 aliphatic heterocycles. The van der Waals surface area contributed by atoms with E-state index < -0.39 is 5.97 Å². The van der Waals surface area contributed by atoms with Crippen LogP contribution in [0.15, 0.2) is 18.5 Å². The summed E-state index contributed by atoms with van der Waals surface area (Å²) in [5.41, 5.74) is 0. The van der Waals surface area contributed by atoms with Crippen LogP contribution in [0.5, 0.6) is 0 Å². The fourth-order valence-corrected chi connectivity index (χ4v) is 2.20. The summed E-state index contributed by atoms with van der Waals surface area (Å²) in [7, 11) is 1.30. The molecule has 108 valence electrons. The summed E-state index contributed by atoms with van der Waals surface area (Å²) in [6.45, 7) is 1.31. The largest absolute Gasteiger partial charge is 0.468 e. The van der Waals surface area contributed by atoms with Gasteiger partial charge in [-0.15, -0.1) is 0 Å². The van der Waals surface area contributed by atoms with Crippen LogP contribution in [0.4, 0.5) is 5.95 Å². The van der Waals surface area contributed by atoms with E-state index in [0.29, 0.717) is 12.5 Å². The van der Waals surface area contributed by atoms with Gasteiger partial charge in [0.15, 0.2) is 0 Å². The van der Waals surface area contributed by atoms with E-state index in [-0.39, 0.29) is 18.4 Å². The summed E-state index contributed by atoms with van der Waals surface area (Å²) >= 11 is 0. The van der Waals surface area contributed by atoms with Gasteiger partial charge in [0.05, 0.1) is 13.0 Å². The smallest absolute Gasteiger partial charge is 0.325 e. The van der Waals surface area contributed by atoms with Crippen molar-refractivity contribution in [1.82, 2.24) is 15.3 Å². The van der Waals surface area contributed by atoms with Gasteiger partial charge in [-0.05, 0) is 18.9 Å². The molecule has 0 aliphatic carbocycles. The molecule has 0 bridgehead atoms. The predicted molar refractivity (Wildman–Crippen MR) is 72.0 cm³/mol. The molecule has 0 aromatic carbocycles. The summed E-state index contributed by atoms with van der Waals surface area (Å²) in [6, 6.07) is 1.76. The highest BCUT2D eigenvalue weighted by Gasteiger charge is 2.27. The normalized spacial score (nSPS) is 18.4. The molecule has 1 unspecified atom stereocenters. The maximum absolute atomic E-state index is 12.0. The Bertz CT molecular complexity index is 466. The van der Waals surface area contributed by atoms with Crippen molar-refractivity contribution in [3.8, 4) is 0 Å². The lowest BCUT2D eigenvalue weighted by Crippen LogP contribution is -2.44. The number of anilines is 1. The lowest BCUT2D eigenvalue weighted by molar-refractivity contribution is -0.141. The number of nitrogens with one attached hydrogen (secondary N) is 1. The lowest BCUT2D eigenvalue weighted by Gasteiger charge is -2.31. The summed E-state index contributed by atoms with van der Waals surface area (Å²) < 4.78 is 4.49. The van der Waals surface area contributed by atoms with Gasteiger partial charge in [-0.2, -0.15) is 0 Å². The molecule has 1 aromatic rings. The van der Waals surface area contributed by atoms with Gasteiger partial charge < -0.3 is 15.0 Å². The minimum atomic E-state index is -0.447. The Hall–Kier alpha value is -2.18. The van der Waals surface area contributed by atoms with Crippen molar-refractivity contribution in [2.75, 3.05) is 31.6 Å². The number of amides is 1. The molecule has 20 heavy (non-hydrogen) atoms. The molecule has 0 radical (unpaired) electrons. The van der Waals surface area contributed by atoms with E-state index in [1.165, 1.54) is 7.11 Å². The van der Waals surface area contributed by atoms with Crippen LogP contribution in [0.25, 0.3) is 0 Å². The predicted octanol–water partition coefficient (Wildman–Crippen LogP) is -0.0178. The standard InChI is InChI=1S/C13H18N4O3/c1-20-11(18)8-16-12(19)10-4-2-7-17(9-10)13-14-5-3-6-15-13/h3,5-6,10H,2,4,7-9H2,1H3,(H,16,19). The van der Waals surface area contributed by atoms with Crippen LogP contribution in [0, 0.1) is 5.92 Å². The molecule has 7 nitrogen and oxygen atoms in total. The van der Waals surface area contributed by atoms with Crippen LogP contribution in [-0.2, 0) is 14.3 Å². The second kappa shape index (κ2) is 6.83. The van der Waals surface area contributed by atoms with Crippen molar-refractivity contribution < 1.29 is 14.3 Å². The second-order valence-corrected chi connectivity index (χ2v) is 4.63.